The molecule has 2 heterocycles. The number of unbranched alkanes of at least 4 members (excludes halogenated alkanes) is 1. The molecule has 2 aromatic heterocycles. The van der Waals surface area contributed by atoms with Crippen LogP contribution in [0.3, 0.4) is 0 Å². The maximum absolute atomic E-state index is 5.24. The summed E-state index contributed by atoms with van der Waals surface area (Å²) in [7, 11) is 0. The van der Waals surface area contributed by atoms with Crippen LogP contribution in [-0.4, -0.2) is 24.5 Å². The van der Waals surface area contributed by atoms with E-state index in [1.165, 1.54) is 0 Å². The molecule has 0 aliphatic heterocycles. The van der Waals surface area contributed by atoms with E-state index < -0.39 is 0 Å². The van der Waals surface area contributed by atoms with Crippen LogP contribution in [-0.2, 0) is 19.5 Å². The SMILES string of the molecule is CCCCn1c(CCn2ccc(C)n2)n[nH]c1=S. The molecule has 0 aliphatic rings. The maximum atomic E-state index is 5.24. The lowest BCUT2D eigenvalue weighted by atomic mass is 10.3. The van der Waals surface area contributed by atoms with Gasteiger partial charge in [-0.3, -0.25) is 9.78 Å². The van der Waals surface area contributed by atoms with Crippen molar-refractivity contribution in [3.8, 4) is 0 Å². The number of nitrogens with zero attached hydrogens (tertiary/aromatic N) is 4. The van der Waals surface area contributed by atoms with E-state index in [1.54, 1.807) is 0 Å². The smallest absolute Gasteiger partial charge is 0.195 e. The molecule has 0 spiro atoms. The topological polar surface area (TPSA) is 51.4 Å². The molecule has 5 nitrogen and oxygen atoms in total. The molecule has 0 unspecified atom stereocenters. The summed E-state index contributed by atoms with van der Waals surface area (Å²) in [4.78, 5) is 0. The van der Waals surface area contributed by atoms with Crippen molar-refractivity contribution in [2.45, 2.75) is 46.2 Å². The lowest BCUT2D eigenvalue weighted by Gasteiger charge is -2.06. The Morgan fingerprint density at radius 3 is 2.89 bits per heavy atom. The van der Waals surface area contributed by atoms with Gasteiger partial charge in [-0.1, -0.05) is 13.3 Å². The Bertz CT molecular complexity index is 551. The zero-order valence-corrected chi connectivity index (χ0v) is 11.7. The third-order valence-corrected chi connectivity index (χ3v) is 3.22. The van der Waals surface area contributed by atoms with Crippen LogP contribution in [0.4, 0.5) is 0 Å². The minimum Gasteiger partial charge on any atom is -0.304 e. The fraction of sp³-hybridized carbons (Fsp3) is 0.583. The number of rotatable bonds is 6. The molecule has 0 aromatic carbocycles. The van der Waals surface area contributed by atoms with Crippen molar-refractivity contribution in [3.63, 3.8) is 0 Å². The molecular formula is C12H19N5S. The largest absolute Gasteiger partial charge is 0.304 e. The van der Waals surface area contributed by atoms with E-state index in [2.05, 4.69) is 26.8 Å². The number of H-pyrrole nitrogens is 1. The molecule has 0 radical (unpaired) electrons. The first kappa shape index (κ1) is 13.0. The Morgan fingerprint density at radius 2 is 2.22 bits per heavy atom. The van der Waals surface area contributed by atoms with E-state index >= 15 is 0 Å². The van der Waals surface area contributed by atoms with E-state index in [9.17, 15) is 0 Å². The predicted octanol–water partition coefficient (Wildman–Crippen LogP) is 2.49. The zero-order chi connectivity index (χ0) is 13.0. The highest BCUT2D eigenvalue weighted by Gasteiger charge is 2.06. The molecule has 0 saturated carbocycles. The van der Waals surface area contributed by atoms with Crippen LogP contribution >= 0.6 is 12.2 Å². The van der Waals surface area contributed by atoms with Crippen molar-refractivity contribution in [1.82, 2.24) is 24.5 Å². The minimum atomic E-state index is 0.718. The molecule has 2 rings (SSSR count). The van der Waals surface area contributed by atoms with Crippen molar-refractivity contribution in [3.05, 3.63) is 28.6 Å². The van der Waals surface area contributed by atoms with Crippen LogP contribution in [0.2, 0.25) is 0 Å². The standard InChI is InChI=1S/C12H19N5S/c1-3-4-7-17-11(13-14-12(17)18)6-9-16-8-5-10(2)15-16/h5,8H,3-4,6-7,9H2,1-2H3,(H,14,18). The van der Waals surface area contributed by atoms with E-state index in [0.717, 1.165) is 48.6 Å². The molecule has 98 valence electrons. The van der Waals surface area contributed by atoms with Crippen LogP contribution in [0.15, 0.2) is 12.3 Å². The fourth-order valence-corrected chi connectivity index (χ4v) is 2.13. The van der Waals surface area contributed by atoms with Crippen molar-refractivity contribution < 1.29 is 0 Å². The summed E-state index contributed by atoms with van der Waals surface area (Å²) in [6, 6.07) is 2.01. The number of aromatic nitrogens is 5. The third-order valence-electron chi connectivity index (χ3n) is 2.91. The first-order valence-electron chi connectivity index (χ1n) is 6.35. The molecule has 0 amide bonds. The summed E-state index contributed by atoms with van der Waals surface area (Å²) in [6.45, 7) is 5.95. The highest BCUT2D eigenvalue weighted by Crippen LogP contribution is 2.04. The summed E-state index contributed by atoms with van der Waals surface area (Å²) >= 11 is 5.24. The van der Waals surface area contributed by atoms with Crippen molar-refractivity contribution in [1.29, 1.82) is 0 Å². The first-order chi connectivity index (χ1) is 8.70. The van der Waals surface area contributed by atoms with Crippen molar-refractivity contribution in [2.75, 3.05) is 0 Å². The number of aromatic amines is 1. The fourth-order valence-electron chi connectivity index (χ4n) is 1.89. The summed E-state index contributed by atoms with van der Waals surface area (Å²) in [5.41, 5.74) is 1.04. The van der Waals surface area contributed by atoms with Gasteiger partial charge in [0.15, 0.2) is 4.77 Å². The second-order valence-corrected chi connectivity index (χ2v) is 4.81. The number of nitrogens with one attached hydrogen (secondary N) is 1. The van der Waals surface area contributed by atoms with E-state index in [-0.39, 0.29) is 0 Å². The van der Waals surface area contributed by atoms with E-state index in [0.29, 0.717) is 0 Å². The molecule has 1 N–H and O–H groups in total. The average Bonchev–Trinajstić information content (AvgIpc) is 2.91. The summed E-state index contributed by atoms with van der Waals surface area (Å²) in [5, 5.41) is 11.5. The Hall–Kier alpha value is -1.43. The Kier molecular flexibility index (Phi) is 4.30. The van der Waals surface area contributed by atoms with E-state index in [1.807, 2.05) is 23.9 Å². The van der Waals surface area contributed by atoms with Crippen molar-refractivity contribution >= 4 is 12.2 Å². The van der Waals surface area contributed by atoms with Crippen molar-refractivity contribution in [2.24, 2.45) is 0 Å². The second kappa shape index (κ2) is 5.95. The van der Waals surface area contributed by atoms with E-state index in [4.69, 9.17) is 12.2 Å². The van der Waals surface area contributed by atoms with Gasteiger partial charge < -0.3 is 4.57 Å². The molecular weight excluding hydrogens is 246 g/mol. The number of aryl methyl sites for hydroxylation is 3. The molecule has 6 heteroatoms. The van der Waals surface area contributed by atoms with Gasteiger partial charge in [0.1, 0.15) is 5.82 Å². The summed E-state index contributed by atoms with van der Waals surface area (Å²) in [5.74, 6) is 1.02. The highest BCUT2D eigenvalue weighted by molar-refractivity contribution is 7.71. The molecule has 0 fully saturated rings. The van der Waals surface area contributed by atoms with Crippen LogP contribution in [0.25, 0.3) is 0 Å². The van der Waals surface area contributed by atoms with Crippen LogP contribution in [0.5, 0.6) is 0 Å². The maximum Gasteiger partial charge on any atom is 0.195 e. The monoisotopic (exact) mass is 265 g/mol. The highest BCUT2D eigenvalue weighted by atomic mass is 32.1. The Morgan fingerprint density at radius 1 is 1.39 bits per heavy atom. The first-order valence-corrected chi connectivity index (χ1v) is 6.75. The predicted molar refractivity (Wildman–Crippen MR) is 73.0 cm³/mol. The van der Waals surface area contributed by atoms with Crippen LogP contribution in [0.1, 0.15) is 31.3 Å². The normalized spacial score (nSPS) is 11.0. The molecule has 0 saturated heterocycles. The third kappa shape index (κ3) is 3.07. The van der Waals surface area contributed by atoms with Gasteiger partial charge in [0, 0.05) is 25.7 Å². The Balaban J connectivity index is 2.02. The van der Waals surface area contributed by atoms with Crippen LogP contribution < -0.4 is 0 Å². The van der Waals surface area contributed by atoms with Gasteiger partial charge in [0.05, 0.1) is 5.69 Å². The molecule has 0 bridgehead atoms. The Labute approximate surface area is 112 Å². The molecule has 18 heavy (non-hydrogen) atoms. The number of hydrogen-bond donors (Lipinski definition) is 1. The molecule has 2 aromatic rings. The van der Waals surface area contributed by atoms with Gasteiger partial charge in [-0.05, 0) is 31.6 Å². The van der Waals surface area contributed by atoms with Gasteiger partial charge in [0.25, 0.3) is 0 Å². The number of hydrogen-bond acceptors (Lipinski definition) is 3. The summed E-state index contributed by atoms with van der Waals surface area (Å²) in [6.07, 6.45) is 5.12. The zero-order valence-electron chi connectivity index (χ0n) is 10.9. The summed E-state index contributed by atoms with van der Waals surface area (Å²) < 4.78 is 4.75. The quantitative estimate of drug-likeness (QED) is 0.816. The van der Waals surface area contributed by atoms with Gasteiger partial charge in [-0.2, -0.15) is 10.2 Å². The molecule has 0 atom stereocenters. The minimum absolute atomic E-state index is 0.718. The van der Waals surface area contributed by atoms with Gasteiger partial charge in [-0.15, -0.1) is 0 Å². The van der Waals surface area contributed by atoms with Crippen LogP contribution in [0, 0.1) is 11.7 Å². The lowest BCUT2D eigenvalue weighted by molar-refractivity contribution is 0.551. The lowest BCUT2D eigenvalue weighted by Crippen LogP contribution is -2.09. The van der Waals surface area contributed by atoms with Gasteiger partial charge in [0.2, 0.25) is 0 Å². The van der Waals surface area contributed by atoms with Gasteiger partial charge >= 0.3 is 0 Å². The second-order valence-electron chi connectivity index (χ2n) is 4.42. The average molecular weight is 265 g/mol. The van der Waals surface area contributed by atoms with Gasteiger partial charge in [-0.25, -0.2) is 0 Å². The molecule has 0 aliphatic carbocycles.